The van der Waals surface area contributed by atoms with Gasteiger partial charge in [0, 0.05) is 36.2 Å². The van der Waals surface area contributed by atoms with Crippen LogP contribution in [0.25, 0.3) is 5.32 Å². The van der Waals surface area contributed by atoms with Gasteiger partial charge in [-0.05, 0) is 68.6 Å². The van der Waals surface area contributed by atoms with Crippen molar-refractivity contribution in [2.75, 3.05) is 13.1 Å². The van der Waals surface area contributed by atoms with E-state index in [0.29, 0.717) is 35.8 Å². The zero-order chi connectivity index (χ0) is 23.0. The van der Waals surface area contributed by atoms with Gasteiger partial charge in [-0.2, -0.15) is 0 Å². The second-order valence-electron chi connectivity index (χ2n) is 7.58. The van der Waals surface area contributed by atoms with Crippen LogP contribution in [0, 0.1) is 17.3 Å². The molecule has 2 aromatic carbocycles. The Bertz CT molecular complexity index is 1180. The Balaban J connectivity index is 1.45. The van der Waals surface area contributed by atoms with Crippen LogP contribution in [0.5, 0.6) is 11.5 Å². The maximum atomic E-state index is 12.2. The molecule has 33 heavy (non-hydrogen) atoms. The highest BCUT2D eigenvalue weighted by atomic mass is 16.5. The third kappa shape index (κ3) is 5.36. The van der Waals surface area contributed by atoms with E-state index in [1.54, 1.807) is 18.0 Å². The van der Waals surface area contributed by atoms with Crippen LogP contribution < -0.4 is 4.74 Å². The number of rotatable bonds is 7. The van der Waals surface area contributed by atoms with Crippen LogP contribution >= 0.6 is 0 Å². The van der Waals surface area contributed by atoms with Gasteiger partial charge in [-0.25, -0.2) is 0 Å². The number of para-hydroxylation sites is 1. The lowest BCUT2D eigenvalue weighted by atomic mass is 10.0. The summed E-state index contributed by atoms with van der Waals surface area (Å²) >= 11 is 0. The van der Waals surface area contributed by atoms with Gasteiger partial charge in [0.15, 0.2) is 0 Å². The molecular formula is C26H24N5O2-. The molecule has 166 valence electrons. The fourth-order valence-electron chi connectivity index (χ4n) is 3.76. The molecule has 0 saturated carbocycles. The third-order valence-corrected chi connectivity index (χ3v) is 5.40. The number of carbonyl (C=O) groups excluding carboxylic acids is 1. The molecule has 1 aromatic heterocycles. The summed E-state index contributed by atoms with van der Waals surface area (Å²) in [6, 6.07) is 16.8. The van der Waals surface area contributed by atoms with Crippen LogP contribution in [-0.4, -0.2) is 45.6 Å². The van der Waals surface area contributed by atoms with Crippen molar-refractivity contribution in [3.05, 3.63) is 83.6 Å². The molecule has 0 spiro atoms. The first kappa shape index (κ1) is 22.0. The second kappa shape index (κ2) is 10.4. The van der Waals surface area contributed by atoms with Gasteiger partial charge in [-0.1, -0.05) is 29.9 Å². The minimum Gasteiger partial charge on any atom is -0.463 e. The molecule has 1 atom stereocenters. The number of ether oxygens (including phenoxy) is 1. The summed E-state index contributed by atoms with van der Waals surface area (Å²) in [5.74, 6) is 7.00. The number of amides is 1. The molecule has 0 radical (unpaired) electrons. The predicted octanol–water partition coefficient (Wildman–Crippen LogP) is 4.70. The fourth-order valence-corrected chi connectivity index (χ4v) is 3.76. The summed E-state index contributed by atoms with van der Waals surface area (Å²) in [6.45, 7) is 2.77. The van der Waals surface area contributed by atoms with Crippen LogP contribution in [0.2, 0.25) is 0 Å². The summed E-state index contributed by atoms with van der Waals surface area (Å²) < 4.78 is 5.83. The molecule has 1 amide bonds. The van der Waals surface area contributed by atoms with E-state index in [2.05, 4.69) is 27.1 Å². The van der Waals surface area contributed by atoms with E-state index in [1.165, 1.54) is 6.33 Å². The largest absolute Gasteiger partial charge is 0.463 e. The Morgan fingerprint density at radius 1 is 1.18 bits per heavy atom. The molecule has 3 aromatic rings. The van der Waals surface area contributed by atoms with Crippen molar-refractivity contribution in [2.45, 2.75) is 25.8 Å². The van der Waals surface area contributed by atoms with E-state index >= 15 is 0 Å². The Kier molecular flexibility index (Phi) is 6.96. The number of carbonyl (C=O) groups is 1. The highest BCUT2D eigenvalue weighted by Gasteiger charge is 2.26. The summed E-state index contributed by atoms with van der Waals surface area (Å²) in [7, 11) is 0. The standard InChI is InChI=1S/C26H24N5O2/c1-2-7-24(32)31-15-6-8-20(31)16-29-26-23(17-28-18-30-26)25(27)19-11-13-22(14-12-19)33-21-9-4-3-5-10-21/h3-5,9-14,17-18,20H,6,8,15-16H2,1H3,(H-,27,28,29,30)/q-1/t20-/m0/s1. The Hall–Kier alpha value is -4.18. The van der Waals surface area contributed by atoms with Gasteiger partial charge in [0.05, 0.1) is 5.71 Å². The Morgan fingerprint density at radius 2 is 1.94 bits per heavy atom. The summed E-state index contributed by atoms with van der Waals surface area (Å²) in [6.07, 6.45) is 4.83. The van der Waals surface area contributed by atoms with Crippen molar-refractivity contribution in [3.8, 4) is 23.3 Å². The number of likely N-dealkylation sites (tertiary alicyclic amines) is 1. The van der Waals surface area contributed by atoms with E-state index in [4.69, 9.17) is 10.1 Å². The van der Waals surface area contributed by atoms with Crippen LogP contribution in [-0.2, 0) is 4.79 Å². The first-order valence-electron chi connectivity index (χ1n) is 10.8. The van der Waals surface area contributed by atoms with E-state index in [1.807, 2.05) is 54.6 Å². The summed E-state index contributed by atoms with van der Waals surface area (Å²) in [5, 5.41) is 13.3. The van der Waals surface area contributed by atoms with Gasteiger partial charge in [-0.3, -0.25) is 15.2 Å². The van der Waals surface area contributed by atoms with Crippen molar-refractivity contribution in [3.63, 3.8) is 0 Å². The van der Waals surface area contributed by atoms with Gasteiger partial charge in [0.25, 0.3) is 5.91 Å². The van der Waals surface area contributed by atoms with Crippen molar-refractivity contribution < 1.29 is 9.53 Å². The van der Waals surface area contributed by atoms with Crippen molar-refractivity contribution in [1.82, 2.24) is 14.9 Å². The molecule has 0 bridgehead atoms. The maximum Gasteiger partial charge on any atom is 0.298 e. The molecule has 4 rings (SSSR count). The lowest BCUT2D eigenvalue weighted by Gasteiger charge is -2.27. The van der Waals surface area contributed by atoms with Crippen LogP contribution in [0.1, 0.15) is 30.9 Å². The number of nitrogens with zero attached hydrogens (tertiary/aromatic N) is 4. The molecule has 7 nitrogen and oxygen atoms in total. The molecule has 0 unspecified atom stereocenters. The van der Waals surface area contributed by atoms with Crippen molar-refractivity contribution >= 4 is 17.4 Å². The Morgan fingerprint density at radius 3 is 2.70 bits per heavy atom. The first-order chi connectivity index (χ1) is 16.2. The number of hydrogen-bond donors (Lipinski definition) is 1. The van der Waals surface area contributed by atoms with Crippen LogP contribution in [0.15, 0.2) is 67.1 Å². The summed E-state index contributed by atoms with van der Waals surface area (Å²) in [4.78, 5) is 22.4. The van der Waals surface area contributed by atoms with Crippen LogP contribution in [0.4, 0.5) is 5.82 Å². The van der Waals surface area contributed by atoms with E-state index in [9.17, 15) is 4.79 Å². The molecule has 0 aliphatic carbocycles. The van der Waals surface area contributed by atoms with Gasteiger partial charge in [0.1, 0.15) is 11.5 Å². The van der Waals surface area contributed by atoms with E-state index in [-0.39, 0.29) is 17.7 Å². The highest BCUT2D eigenvalue weighted by Crippen LogP contribution is 2.28. The second-order valence-corrected chi connectivity index (χ2v) is 7.58. The SMILES string of the molecule is CC#CC(=O)N1CCC[C@H]1C[N-]c1ncncc1C(=N)c1ccc(Oc2ccccc2)cc1. The molecule has 1 aliphatic heterocycles. The lowest BCUT2D eigenvalue weighted by Crippen LogP contribution is -2.36. The molecule has 2 heterocycles. The molecule has 1 fully saturated rings. The minimum atomic E-state index is -0.163. The molecule has 1 N–H and O–H groups in total. The van der Waals surface area contributed by atoms with Gasteiger partial charge >= 0.3 is 0 Å². The quantitative estimate of drug-likeness (QED) is 0.427. The number of nitrogens with one attached hydrogen (secondary N) is 1. The summed E-state index contributed by atoms with van der Waals surface area (Å²) in [5.41, 5.74) is 1.52. The van der Waals surface area contributed by atoms with Gasteiger partial charge in [-0.15, -0.1) is 0 Å². The normalized spacial score (nSPS) is 14.8. The molecule has 1 aliphatic rings. The van der Waals surface area contributed by atoms with Crippen LogP contribution in [0.3, 0.4) is 0 Å². The third-order valence-electron chi connectivity index (χ3n) is 5.40. The number of hydrogen-bond acceptors (Lipinski definition) is 5. The minimum absolute atomic E-state index is 0.00947. The topological polar surface area (TPSA) is 93.3 Å². The predicted molar refractivity (Wildman–Crippen MR) is 127 cm³/mol. The first-order valence-corrected chi connectivity index (χ1v) is 10.8. The zero-order valence-corrected chi connectivity index (χ0v) is 18.4. The monoisotopic (exact) mass is 438 g/mol. The number of benzene rings is 2. The average molecular weight is 439 g/mol. The fraction of sp³-hybridized carbons (Fsp3) is 0.231. The molecular weight excluding hydrogens is 414 g/mol. The van der Waals surface area contributed by atoms with E-state index < -0.39 is 0 Å². The average Bonchev–Trinajstić information content (AvgIpc) is 3.33. The molecule has 1 saturated heterocycles. The highest BCUT2D eigenvalue weighted by molar-refractivity contribution is 6.13. The Labute approximate surface area is 193 Å². The maximum absolute atomic E-state index is 12.2. The van der Waals surface area contributed by atoms with E-state index in [0.717, 1.165) is 18.6 Å². The van der Waals surface area contributed by atoms with Gasteiger partial charge < -0.3 is 19.9 Å². The van der Waals surface area contributed by atoms with Crippen molar-refractivity contribution in [1.29, 1.82) is 5.41 Å². The lowest BCUT2D eigenvalue weighted by molar-refractivity contribution is -0.125. The molecule has 7 heteroatoms. The number of aromatic nitrogens is 2. The van der Waals surface area contributed by atoms with Gasteiger partial charge in [0.2, 0.25) is 0 Å². The smallest absolute Gasteiger partial charge is 0.298 e. The zero-order valence-electron chi connectivity index (χ0n) is 18.4. The van der Waals surface area contributed by atoms with Crippen molar-refractivity contribution in [2.24, 2.45) is 0 Å².